The van der Waals surface area contributed by atoms with E-state index in [1.165, 1.54) is 62.6 Å². The van der Waals surface area contributed by atoms with E-state index in [0.717, 1.165) is 31.4 Å². The normalized spacial score (nSPS) is 11.5. The first kappa shape index (κ1) is 22.4. The van der Waals surface area contributed by atoms with Crippen LogP contribution in [0, 0.1) is 13.8 Å². The molecule has 0 aliphatic heterocycles. The summed E-state index contributed by atoms with van der Waals surface area (Å²) in [5.74, 6) is 0. The standard InChI is InChI=1S/C31H33N3/c1-22-17-23(2)19-26(18-22)31-28(27-11-4-6-13-30(27)34-31)14-16-32-15-8-7-9-24-20-25-10-3-5-12-29(25)33-21-24/h3-6,10-13,17-21,32,34H,7-9,14-16H2,1-2H3. The molecular weight excluding hydrogens is 414 g/mol. The number of unbranched alkanes of at least 4 members (excludes halogenated alkanes) is 1. The molecule has 0 aliphatic rings. The molecule has 2 heterocycles. The number of aryl methyl sites for hydroxylation is 3. The average molecular weight is 448 g/mol. The molecule has 3 nitrogen and oxygen atoms in total. The smallest absolute Gasteiger partial charge is 0.0702 e. The minimum absolute atomic E-state index is 0.983. The molecular formula is C31H33N3. The number of nitrogens with one attached hydrogen (secondary N) is 2. The maximum atomic E-state index is 4.59. The summed E-state index contributed by atoms with van der Waals surface area (Å²) in [5.41, 5.74) is 10.2. The third-order valence-corrected chi connectivity index (χ3v) is 6.59. The fourth-order valence-electron chi connectivity index (χ4n) is 5.00. The number of H-pyrrole nitrogens is 1. The zero-order valence-electron chi connectivity index (χ0n) is 20.2. The molecule has 5 aromatic rings. The molecule has 0 atom stereocenters. The van der Waals surface area contributed by atoms with Gasteiger partial charge in [0.25, 0.3) is 0 Å². The lowest BCUT2D eigenvalue weighted by atomic mass is 9.99. The van der Waals surface area contributed by atoms with E-state index in [9.17, 15) is 0 Å². The molecule has 2 aromatic heterocycles. The summed E-state index contributed by atoms with van der Waals surface area (Å²) in [6.45, 7) is 6.38. The Kier molecular flexibility index (Phi) is 6.73. The highest BCUT2D eigenvalue weighted by molar-refractivity contribution is 5.91. The Morgan fingerprint density at radius 3 is 2.47 bits per heavy atom. The SMILES string of the molecule is Cc1cc(C)cc(-c2[nH]c3ccccc3c2CCNCCCCc2cnc3ccccc3c2)c1. The maximum absolute atomic E-state index is 4.59. The van der Waals surface area contributed by atoms with E-state index in [-0.39, 0.29) is 0 Å². The van der Waals surface area contributed by atoms with Gasteiger partial charge in [0.15, 0.2) is 0 Å². The van der Waals surface area contributed by atoms with E-state index in [2.05, 4.69) is 95.9 Å². The van der Waals surface area contributed by atoms with Crippen LogP contribution in [0.2, 0.25) is 0 Å². The maximum Gasteiger partial charge on any atom is 0.0702 e. The van der Waals surface area contributed by atoms with E-state index in [0.29, 0.717) is 0 Å². The molecule has 0 amide bonds. The van der Waals surface area contributed by atoms with Gasteiger partial charge in [-0.15, -0.1) is 0 Å². The molecule has 3 aromatic carbocycles. The van der Waals surface area contributed by atoms with E-state index >= 15 is 0 Å². The average Bonchev–Trinajstić information content (AvgIpc) is 3.21. The molecule has 34 heavy (non-hydrogen) atoms. The first-order valence-corrected chi connectivity index (χ1v) is 12.4. The van der Waals surface area contributed by atoms with Gasteiger partial charge in [-0.05, 0) is 99.6 Å². The van der Waals surface area contributed by atoms with Crippen LogP contribution < -0.4 is 5.32 Å². The first-order valence-electron chi connectivity index (χ1n) is 12.4. The summed E-state index contributed by atoms with van der Waals surface area (Å²) >= 11 is 0. The van der Waals surface area contributed by atoms with Crippen LogP contribution in [0.3, 0.4) is 0 Å². The van der Waals surface area contributed by atoms with Gasteiger partial charge in [-0.2, -0.15) is 0 Å². The second-order valence-corrected chi connectivity index (χ2v) is 9.39. The molecule has 172 valence electrons. The molecule has 0 fully saturated rings. The van der Waals surface area contributed by atoms with Crippen molar-refractivity contribution in [2.24, 2.45) is 0 Å². The lowest BCUT2D eigenvalue weighted by molar-refractivity contribution is 0.623. The van der Waals surface area contributed by atoms with Crippen LogP contribution in [-0.4, -0.2) is 23.1 Å². The summed E-state index contributed by atoms with van der Waals surface area (Å²) in [5, 5.41) is 6.24. The van der Waals surface area contributed by atoms with Gasteiger partial charge in [-0.3, -0.25) is 4.98 Å². The zero-order valence-corrected chi connectivity index (χ0v) is 20.2. The molecule has 5 rings (SSSR count). The summed E-state index contributed by atoms with van der Waals surface area (Å²) in [6.07, 6.45) is 6.47. The van der Waals surface area contributed by atoms with Gasteiger partial charge in [0.1, 0.15) is 0 Å². The van der Waals surface area contributed by atoms with Crippen LogP contribution >= 0.6 is 0 Å². The molecule has 2 N–H and O–H groups in total. The molecule has 0 spiro atoms. The van der Waals surface area contributed by atoms with Crippen molar-refractivity contribution in [2.75, 3.05) is 13.1 Å². The Balaban J connectivity index is 1.17. The van der Waals surface area contributed by atoms with E-state index in [1.807, 2.05) is 12.3 Å². The molecule has 0 unspecified atom stereocenters. The first-order chi connectivity index (χ1) is 16.7. The number of pyridine rings is 1. The quantitative estimate of drug-likeness (QED) is 0.235. The van der Waals surface area contributed by atoms with Crippen molar-refractivity contribution in [3.8, 4) is 11.3 Å². The number of aromatic nitrogens is 2. The second kappa shape index (κ2) is 10.2. The summed E-state index contributed by atoms with van der Waals surface area (Å²) in [6, 6.07) is 26.1. The Bertz CT molecular complexity index is 1390. The van der Waals surface area contributed by atoms with Crippen molar-refractivity contribution in [3.63, 3.8) is 0 Å². The van der Waals surface area contributed by atoms with Gasteiger partial charge in [0.05, 0.1) is 5.52 Å². The van der Waals surface area contributed by atoms with Gasteiger partial charge >= 0.3 is 0 Å². The fraction of sp³-hybridized carbons (Fsp3) is 0.258. The largest absolute Gasteiger partial charge is 0.354 e. The molecule has 0 saturated carbocycles. The van der Waals surface area contributed by atoms with E-state index in [4.69, 9.17) is 0 Å². The van der Waals surface area contributed by atoms with Crippen molar-refractivity contribution >= 4 is 21.8 Å². The van der Waals surface area contributed by atoms with Crippen LogP contribution in [0.4, 0.5) is 0 Å². The van der Waals surface area contributed by atoms with E-state index < -0.39 is 0 Å². The van der Waals surface area contributed by atoms with Crippen LogP contribution in [-0.2, 0) is 12.8 Å². The Morgan fingerprint density at radius 1 is 0.794 bits per heavy atom. The predicted octanol–water partition coefficient (Wildman–Crippen LogP) is 7.15. The minimum atomic E-state index is 0.983. The van der Waals surface area contributed by atoms with Crippen LogP contribution in [0.15, 0.2) is 79.0 Å². The van der Waals surface area contributed by atoms with Crippen molar-refractivity contribution in [2.45, 2.75) is 39.5 Å². The summed E-state index contributed by atoms with van der Waals surface area (Å²) < 4.78 is 0. The van der Waals surface area contributed by atoms with Gasteiger partial charge in [-0.1, -0.05) is 53.6 Å². The predicted molar refractivity (Wildman–Crippen MR) is 144 cm³/mol. The van der Waals surface area contributed by atoms with Gasteiger partial charge in [0.2, 0.25) is 0 Å². The van der Waals surface area contributed by atoms with Gasteiger partial charge in [-0.25, -0.2) is 0 Å². The third-order valence-electron chi connectivity index (χ3n) is 6.59. The number of benzene rings is 3. The zero-order chi connectivity index (χ0) is 23.3. The van der Waals surface area contributed by atoms with E-state index in [1.54, 1.807) is 0 Å². The van der Waals surface area contributed by atoms with Crippen LogP contribution in [0.5, 0.6) is 0 Å². The topological polar surface area (TPSA) is 40.7 Å². The molecule has 0 bridgehead atoms. The van der Waals surface area contributed by atoms with Gasteiger partial charge in [0, 0.05) is 28.2 Å². The Hall–Kier alpha value is -3.43. The highest BCUT2D eigenvalue weighted by Gasteiger charge is 2.13. The summed E-state index contributed by atoms with van der Waals surface area (Å²) in [4.78, 5) is 8.28. The second-order valence-electron chi connectivity index (χ2n) is 9.39. The minimum Gasteiger partial charge on any atom is -0.354 e. The number of rotatable bonds is 9. The number of nitrogens with zero attached hydrogens (tertiary/aromatic N) is 1. The number of para-hydroxylation sites is 2. The highest BCUT2D eigenvalue weighted by Crippen LogP contribution is 2.31. The van der Waals surface area contributed by atoms with Crippen molar-refractivity contribution in [1.82, 2.24) is 15.3 Å². The molecule has 0 saturated heterocycles. The van der Waals surface area contributed by atoms with Crippen LogP contribution in [0.1, 0.15) is 35.1 Å². The number of aromatic amines is 1. The lowest BCUT2D eigenvalue weighted by Gasteiger charge is -2.09. The van der Waals surface area contributed by atoms with Gasteiger partial charge < -0.3 is 10.3 Å². The Labute approximate surface area is 202 Å². The summed E-state index contributed by atoms with van der Waals surface area (Å²) in [7, 11) is 0. The van der Waals surface area contributed by atoms with Crippen molar-refractivity contribution < 1.29 is 0 Å². The van der Waals surface area contributed by atoms with Crippen molar-refractivity contribution in [3.05, 3.63) is 101 Å². The lowest BCUT2D eigenvalue weighted by Crippen LogP contribution is -2.18. The van der Waals surface area contributed by atoms with Crippen LogP contribution in [0.25, 0.3) is 33.1 Å². The molecule has 0 radical (unpaired) electrons. The molecule has 0 aliphatic carbocycles. The highest BCUT2D eigenvalue weighted by atomic mass is 14.8. The number of hydrogen-bond acceptors (Lipinski definition) is 2. The number of hydrogen-bond donors (Lipinski definition) is 2. The molecule has 3 heteroatoms. The Morgan fingerprint density at radius 2 is 1.59 bits per heavy atom. The van der Waals surface area contributed by atoms with Crippen molar-refractivity contribution in [1.29, 1.82) is 0 Å². The third kappa shape index (κ3) is 5.05. The number of fused-ring (bicyclic) bond motifs is 2. The fourth-order valence-corrected chi connectivity index (χ4v) is 5.00. The monoisotopic (exact) mass is 447 g/mol.